The predicted molar refractivity (Wildman–Crippen MR) is 120 cm³/mol. The third-order valence-corrected chi connectivity index (χ3v) is 5.27. The number of nitrogens with two attached hydrogens (primary N) is 1. The smallest absolute Gasteiger partial charge is 0.206 e. The highest BCUT2D eigenvalue weighted by Gasteiger charge is 2.27. The summed E-state index contributed by atoms with van der Waals surface area (Å²) in [7, 11) is 7.21. The zero-order valence-corrected chi connectivity index (χ0v) is 18.5. The second kappa shape index (κ2) is 7.85. The van der Waals surface area contributed by atoms with Crippen molar-refractivity contribution >= 4 is 23.3 Å². The molecule has 10 heteroatoms. The van der Waals surface area contributed by atoms with Crippen molar-refractivity contribution in [1.82, 2.24) is 19.7 Å². The molecule has 2 bridgehead atoms. The summed E-state index contributed by atoms with van der Waals surface area (Å²) < 4.78 is 21.7. The quantitative estimate of drug-likeness (QED) is 0.579. The lowest BCUT2D eigenvalue weighted by Gasteiger charge is -2.27. The van der Waals surface area contributed by atoms with E-state index in [9.17, 15) is 9.65 Å². The molecule has 164 valence electrons. The molecule has 1 aliphatic rings. The molecule has 0 fully saturated rings. The first-order valence-electron chi connectivity index (χ1n) is 9.90. The molecule has 0 radical (unpaired) electrons. The van der Waals surface area contributed by atoms with Crippen LogP contribution in [-0.4, -0.2) is 46.8 Å². The van der Waals surface area contributed by atoms with Crippen LogP contribution in [0.15, 0.2) is 35.5 Å². The van der Waals surface area contributed by atoms with Crippen LogP contribution in [0.3, 0.4) is 0 Å². The summed E-state index contributed by atoms with van der Waals surface area (Å²) in [5, 5.41) is 14.4. The minimum Gasteiger partial charge on any atom is -0.482 e. The van der Waals surface area contributed by atoms with Crippen LogP contribution in [0.25, 0.3) is 11.1 Å². The fourth-order valence-corrected chi connectivity index (χ4v) is 3.71. The minimum absolute atomic E-state index is 0.186. The average molecular weight is 434 g/mol. The molecular formula is C22H23FN8O. The second-order valence-electron chi connectivity index (χ2n) is 7.72. The molecule has 0 amide bonds. The number of guanidine groups is 1. The summed E-state index contributed by atoms with van der Waals surface area (Å²) in [5.74, 6) is 1.16. The van der Waals surface area contributed by atoms with E-state index in [-0.39, 0.29) is 5.82 Å². The van der Waals surface area contributed by atoms with Crippen molar-refractivity contribution in [2.75, 3.05) is 31.8 Å². The van der Waals surface area contributed by atoms with Gasteiger partial charge in [-0.2, -0.15) is 10.4 Å². The van der Waals surface area contributed by atoms with Gasteiger partial charge in [-0.25, -0.2) is 14.4 Å². The normalized spacial score (nSPS) is 17.0. The molecule has 9 nitrogen and oxygen atoms in total. The molecule has 1 aromatic carbocycles. The van der Waals surface area contributed by atoms with Gasteiger partial charge in [-0.15, -0.1) is 0 Å². The Bertz CT molecular complexity index is 1270. The maximum absolute atomic E-state index is 14.1. The van der Waals surface area contributed by atoms with Crippen LogP contribution in [0, 0.1) is 17.1 Å². The van der Waals surface area contributed by atoms with Crippen LogP contribution in [0.4, 0.5) is 21.7 Å². The molecule has 0 saturated carbocycles. The third kappa shape index (κ3) is 3.47. The fraction of sp³-hybridized carbons (Fsp3) is 0.273. The molecule has 0 aliphatic carbocycles. The average Bonchev–Trinajstić information content (AvgIpc) is 3.09. The first-order chi connectivity index (χ1) is 15.2. The first kappa shape index (κ1) is 21.1. The SMILES string of the molecule is C[C@H]1Oc2cc(cnc2N)-c2c(nn(C)c2C#N)N(C)/C(N(C)C)=N\c2ccc(F)cc21. The molecule has 1 aliphatic heterocycles. The Balaban J connectivity index is 2.08. The number of rotatable bonds is 0. The van der Waals surface area contributed by atoms with Crippen LogP contribution in [-0.2, 0) is 7.05 Å². The van der Waals surface area contributed by atoms with E-state index in [1.165, 1.54) is 16.8 Å². The third-order valence-electron chi connectivity index (χ3n) is 5.27. The number of nitrogen functional groups attached to an aromatic ring is 1. The van der Waals surface area contributed by atoms with Gasteiger partial charge in [-0.05, 0) is 31.2 Å². The van der Waals surface area contributed by atoms with Crippen LogP contribution >= 0.6 is 0 Å². The van der Waals surface area contributed by atoms with Crippen LogP contribution in [0.1, 0.15) is 24.3 Å². The fourth-order valence-electron chi connectivity index (χ4n) is 3.71. The first-order valence-corrected chi connectivity index (χ1v) is 9.90. The predicted octanol–water partition coefficient (Wildman–Crippen LogP) is 3.21. The largest absolute Gasteiger partial charge is 0.482 e. The van der Waals surface area contributed by atoms with Gasteiger partial charge in [0.05, 0.1) is 11.3 Å². The van der Waals surface area contributed by atoms with Gasteiger partial charge in [0.1, 0.15) is 23.7 Å². The van der Waals surface area contributed by atoms with Gasteiger partial charge in [0.15, 0.2) is 17.4 Å². The van der Waals surface area contributed by atoms with Crippen molar-refractivity contribution in [1.29, 1.82) is 5.26 Å². The number of benzene rings is 1. The van der Waals surface area contributed by atoms with E-state index >= 15 is 0 Å². The number of aliphatic imine (C=N–C) groups is 1. The number of hydrogen-bond acceptors (Lipinski definition) is 8. The van der Waals surface area contributed by atoms with Gasteiger partial charge in [0, 0.05) is 45.5 Å². The number of nitrogens with zero attached hydrogens (tertiary/aromatic N) is 7. The second-order valence-corrected chi connectivity index (χ2v) is 7.72. The molecule has 0 spiro atoms. The summed E-state index contributed by atoms with van der Waals surface area (Å²) in [6.45, 7) is 1.79. The monoisotopic (exact) mass is 434 g/mol. The van der Waals surface area contributed by atoms with E-state index in [1.54, 1.807) is 37.2 Å². The number of pyridine rings is 1. The Labute approximate surface area is 185 Å². The summed E-state index contributed by atoms with van der Waals surface area (Å²) in [6, 6.07) is 8.29. The Morgan fingerprint density at radius 3 is 2.69 bits per heavy atom. The molecule has 2 aromatic heterocycles. The van der Waals surface area contributed by atoms with Crippen molar-refractivity contribution in [2.24, 2.45) is 12.0 Å². The van der Waals surface area contributed by atoms with E-state index in [0.29, 0.717) is 45.6 Å². The van der Waals surface area contributed by atoms with Crippen molar-refractivity contribution < 1.29 is 9.13 Å². The van der Waals surface area contributed by atoms with Gasteiger partial charge in [0.2, 0.25) is 5.96 Å². The number of fused-ring (bicyclic) bond motifs is 5. The molecule has 0 unspecified atom stereocenters. The summed E-state index contributed by atoms with van der Waals surface area (Å²) in [4.78, 5) is 12.7. The zero-order valence-electron chi connectivity index (χ0n) is 18.5. The van der Waals surface area contributed by atoms with Gasteiger partial charge in [0.25, 0.3) is 0 Å². The summed E-state index contributed by atoms with van der Waals surface area (Å²) in [5.41, 5.74) is 8.72. The lowest BCUT2D eigenvalue weighted by atomic mass is 10.1. The number of anilines is 2. The number of hydrogen-bond donors (Lipinski definition) is 1. The van der Waals surface area contributed by atoms with Crippen LogP contribution in [0.5, 0.6) is 5.75 Å². The van der Waals surface area contributed by atoms with Crippen LogP contribution < -0.4 is 15.4 Å². The van der Waals surface area contributed by atoms with Crippen molar-refractivity contribution in [3.63, 3.8) is 0 Å². The summed E-state index contributed by atoms with van der Waals surface area (Å²) in [6.07, 6.45) is 1.01. The Morgan fingerprint density at radius 1 is 1.25 bits per heavy atom. The van der Waals surface area contributed by atoms with E-state index in [2.05, 4.69) is 16.2 Å². The highest BCUT2D eigenvalue weighted by Crippen LogP contribution is 2.39. The van der Waals surface area contributed by atoms with Gasteiger partial charge < -0.3 is 15.4 Å². The molecule has 3 aromatic rings. The number of aromatic nitrogens is 3. The van der Waals surface area contributed by atoms with E-state index in [4.69, 9.17) is 15.5 Å². The van der Waals surface area contributed by atoms with Gasteiger partial charge in [-0.1, -0.05) is 0 Å². The lowest BCUT2D eigenvalue weighted by Crippen LogP contribution is -2.38. The Hall–Kier alpha value is -4.13. The molecular weight excluding hydrogens is 411 g/mol. The topological polar surface area (TPSA) is 109 Å². The van der Waals surface area contributed by atoms with Crippen LogP contribution in [0.2, 0.25) is 0 Å². The number of ether oxygens (including phenoxy) is 1. The Kier molecular flexibility index (Phi) is 5.18. The maximum Gasteiger partial charge on any atom is 0.206 e. The molecule has 4 rings (SSSR count). The standard InChI is InChI=1S/C22H23FN8O/c1-12-15-9-14(23)6-7-16(15)27-22(29(2)3)30(4)21-19(17(10-24)31(5)28-21)13-8-18(32-12)20(25)26-11-13/h6-9,11-12H,1-5H3,(H2,25,26)/b27-22-/t12-/m1/s1. The number of aryl methyl sites for hydroxylation is 1. The lowest BCUT2D eigenvalue weighted by molar-refractivity contribution is 0.228. The van der Waals surface area contributed by atoms with Crippen molar-refractivity contribution in [3.05, 3.63) is 47.5 Å². The number of halogens is 1. The number of nitriles is 1. The van der Waals surface area contributed by atoms with Crippen molar-refractivity contribution in [2.45, 2.75) is 13.0 Å². The minimum atomic E-state index is -0.569. The van der Waals surface area contributed by atoms with Gasteiger partial charge >= 0.3 is 0 Å². The maximum atomic E-state index is 14.1. The molecule has 32 heavy (non-hydrogen) atoms. The molecule has 2 N–H and O–H groups in total. The van der Waals surface area contributed by atoms with Gasteiger partial charge in [-0.3, -0.25) is 9.58 Å². The molecule has 3 heterocycles. The molecule has 0 saturated heterocycles. The molecule has 1 atom stereocenters. The Morgan fingerprint density at radius 2 is 2.00 bits per heavy atom. The van der Waals surface area contributed by atoms with Crippen molar-refractivity contribution in [3.8, 4) is 22.9 Å². The zero-order chi connectivity index (χ0) is 23.2. The highest BCUT2D eigenvalue weighted by molar-refractivity contribution is 6.00. The highest BCUT2D eigenvalue weighted by atomic mass is 19.1. The van der Waals surface area contributed by atoms with E-state index < -0.39 is 11.9 Å². The summed E-state index contributed by atoms with van der Waals surface area (Å²) >= 11 is 0. The van der Waals surface area contributed by atoms with E-state index in [0.717, 1.165) is 0 Å². The van der Waals surface area contributed by atoms with E-state index in [1.807, 2.05) is 26.0 Å².